The van der Waals surface area contributed by atoms with Crippen molar-refractivity contribution in [3.8, 4) is 0 Å². The summed E-state index contributed by atoms with van der Waals surface area (Å²) in [6.45, 7) is 1.91. The van der Waals surface area contributed by atoms with Crippen molar-refractivity contribution in [2.24, 2.45) is 0 Å². The van der Waals surface area contributed by atoms with Gasteiger partial charge in [-0.05, 0) is 43.3 Å². The van der Waals surface area contributed by atoms with Crippen LogP contribution < -0.4 is 5.32 Å². The molecule has 21 heavy (non-hydrogen) atoms. The smallest absolute Gasteiger partial charge is 0.341 e. The van der Waals surface area contributed by atoms with E-state index in [1.54, 1.807) is 13.0 Å². The Morgan fingerprint density at radius 3 is 2.62 bits per heavy atom. The standard InChI is InChI=1S/C15H13FN2O3/c1-2-21-15(20)12-4-3-9-17-13(12)18-14(19)10-5-7-11(16)8-6-10/h3-9H,2H2,1H3,(H,17,18,19). The number of halogens is 1. The highest BCUT2D eigenvalue weighted by Gasteiger charge is 2.16. The van der Waals surface area contributed by atoms with Crippen LogP contribution >= 0.6 is 0 Å². The summed E-state index contributed by atoms with van der Waals surface area (Å²) >= 11 is 0. The zero-order valence-electron chi connectivity index (χ0n) is 11.3. The number of carbonyl (C=O) groups excluding carboxylic acids is 2. The number of hydrogen-bond acceptors (Lipinski definition) is 4. The van der Waals surface area contributed by atoms with Crippen LogP contribution in [0.5, 0.6) is 0 Å². The Kier molecular flexibility index (Phi) is 4.61. The average Bonchev–Trinajstić information content (AvgIpc) is 2.48. The summed E-state index contributed by atoms with van der Waals surface area (Å²) in [6.07, 6.45) is 1.45. The summed E-state index contributed by atoms with van der Waals surface area (Å²) in [6, 6.07) is 8.12. The van der Waals surface area contributed by atoms with Crippen LogP contribution in [0.15, 0.2) is 42.6 Å². The molecule has 0 aliphatic carbocycles. The third-order valence-corrected chi connectivity index (χ3v) is 2.64. The second-order valence-electron chi connectivity index (χ2n) is 4.08. The summed E-state index contributed by atoms with van der Waals surface area (Å²) < 4.78 is 17.7. The molecule has 0 atom stereocenters. The fourth-order valence-corrected chi connectivity index (χ4v) is 1.66. The number of ether oxygens (including phenoxy) is 1. The summed E-state index contributed by atoms with van der Waals surface area (Å²) in [5.41, 5.74) is 0.423. The minimum Gasteiger partial charge on any atom is -0.462 e. The molecule has 2 rings (SSSR count). The van der Waals surface area contributed by atoms with Crippen LogP contribution in [0.25, 0.3) is 0 Å². The fourth-order valence-electron chi connectivity index (χ4n) is 1.66. The topological polar surface area (TPSA) is 68.3 Å². The molecule has 0 bridgehead atoms. The number of pyridine rings is 1. The predicted octanol–water partition coefficient (Wildman–Crippen LogP) is 2.65. The Labute approximate surface area is 120 Å². The summed E-state index contributed by atoms with van der Waals surface area (Å²) in [5, 5.41) is 2.51. The average molecular weight is 288 g/mol. The van der Waals surface area contributed by atoms with Crippen LogP contribution in [0.3, 0.4) is 0 Å². The number of esters is 1. The molecule has 5 nitrogen and oxygen atoms in total. The molecule has 0 spiro atoms. The van der Waals surface area contributed by atoms with E-state index in [1.165, 1.54) is 36.5 Å². The Morgan fingerprint density at radius 1 is 1.24 bits per heavy atom. The fraction of sp³-hybridized carbons (Fsp3) is 0.133. The van der Waals surface area contributed by atoms with Crippen molar-refractivity contribution in [2.75, 3.05) is 11.9 Å². The van der Waals surface area contributed by atoms with Gasteiger partial charge in [0.25, 0.3) is 5.91 Å². The molecule has 0 radical (unpaired) electrons. The lowest BCUT2D eigenvalue weighted by atomic mass is 10.2. The normalized spacial score (nSPS) is 10.0. The molecule has 2 aromatic rings. The van der Waals surface area contributed by atoms with Gasteiger partial charge in [-0.3, -0.25) is 4.79 Å². The van der Waals surface area contributed by atoms with Crippen molar-refractivity contribution in [1.82, 2.24) is 4.98 Å². The quantitative estimate of drug-likeness (QED) is 0.878. The van der Waals surface area contributed by atoms with Crippen LogP contribution in [-0.2, 0) is 4.74 Å². The molecule has 1 heterocycles. The van der Waals surface area contributed by atoms with Crippen molar-refractivity contribution < 1.29 is 18.7 Å². The molecular formula is C15H13FN2O3. The highest BCUT2D eigenvalue weighted by atomic mass is 19.1. The van der Waals surface area contributed by atoms with Crippen LogP contribution in [-0.4, -0.2) is 23.5 Å². The first-order chi connectivity index (χ1) is 10.1. The van der Waals surface area contributed by atoms with Crippen molar-refractivity contribution >= 4 is 17.7 Å². The van der Waals surface area contributed by atoms with Gasteiger partial charge in [-0.25, -0.2) is 14.2 Å². The number of nitrogens with one attached hydrogen (secondary N) is 1. The maximum atomic E-state index is 12.8. The number of anilines is 1. The van der Waals surface area contributed by atoms with Crippen LogP contribution in [0.1, 0.15) is 27.6 Å². The Balaban J connectivity index is 2.21. The van der Waals surface area contributed by atoms with Gasteiger partial charge in [0, 0.05) is 11.8 Å². The summed E-state index contributed by atoms with van der Waals surface area (Å²) in [4.78, 5) is 27.8. The van der Waals surface area contributed by atoms with Gasteiger partial charge < -0.3 is 10.1 Å². The molecule has 0 aliphatic rings. The lowest BCUT2D eigenvalue weighted by Crippen LogP contribution is -2.17. The summed E-state index contributed by atoms with van der Waals surface area (Å²) in [7, 11) is 0. The highest BCUT2D eigenvalue weighted by molar-refractivity contribution is 6.07. The van der Waals surface area contributed by atoms with Crippen molar-refractivity contribution in [3.05, 3.63) is 59.5 Å². The largest absolute Gasteiger partial charge is 0.462 e. The van der Waals surface area contributed by atoms with Crippen LogP contribution in [0.4, 0.5) is 10.2 Å². The summed E-state index contributed by atoms with van der Waals surface area (Å²) in [5.74, 6) is -1.39. The van der Waals surface area contributed by atoms with Gasteiger partial charge in [-0.2, -0.15) is 0 Å². The van der Waals surface area contributed by atoms with Gasteiger partial charge in [0.2, 0.25) is 0 Å². The highest BCUT2D eigenvalue weighted by Crippen LogP contribution is 2.14. The zero-order valence-corrected chi connectivity index (χ0v) is 11.3. The Bertz CT molecular complexity index is 656. The van der Waals surface area contributed by atoms with Crippen LogP contribution in [0.2, 0.25) is 0 Å². The van der Waals surface area contributed by atoms with E-state index in [-0.39, 0.29) is 23.6 Å². The van der Waals surface area contributed by atoms with E-state index >= 15 is 0 Å². The second-order valence-corrected chi connectivity index (χ2v) is 4.08. The molecule has 6 heteroatoms. The second kappa shape index (κ2) is 6.60. The number of aromatic nitrogens is 1. The zero-order chi connectivity index (χ0) is 15.2. The number of amides is 1. The molecule has 1 amide bonds. The van der Waals surface area contributed by atoms with Gasteiger partial charge in [0.15, 0.2) is 0 Å². The van der Waals surface area contributed by atoms with E-state index in [9.17, 15) is 14.0 Å². The SMILES string of the molecule is CCOC(=O)c1cccnc1NC(=O)c1ccc(F)cc1. The van der Waals surface area contributed by atoms with Gasteiger partial charge in [0.05, 0.1) is 6.61 Å². The number of nitrogens with zero attached hydrogens (tertiary/aromatic N) is 1. The van der Waals surface area contributed by atoms with Crippen molar-refractivity contribution in [3.63, 3.8) is 0 Å². The van der Waals surface area contributed by atoms with Gasteiger partial charge in [0.1, 0.15) is 17.2 Å². The first-order valence-electron chi connectivity index (χ1n) is 6.31. The van der Waals surface area contributed by atoms with Crippen molar-refractivity contribution in [1.29, 1.82) is 0 Å². The molecule has 0 aliphatic heterocycles. The van der Waals surface area contributed by atoms with E-state index in [1.807, 2.05) is 0 Å². The van der Waals surface area contributed by atoms with Gasteiger partial charge >= 0.3 is 5.97 Å². The van der Waals surface area contributed by atoms with E-state index < -0.39 is 17.7 Å². The van der Waals surface area contributed by atoms with E-state index in [2.05, 4.69) is 10.3 Å². The molecular weight excluding hydrogens is 275 g/mol. The van der Waals surface area contributed by atoms with E-state index in [0.717, 1.165) is 0 Å². The van der Waals surface area contributed by atoms with Crippen LogP contribution in [0, 0.1) is 5.82 Å². The molecule has 1 aromatic heterocycles. The third kappa shape index (κ3) is 3.62. The van der Waals surface area contributed by atoms with Gasteiger partial charge in [-0.1, -0.05) is 0 Å². The number of rotatable bonds is 4. The minimum atomic E-state index is -0.569. The maximum absolute atomic E-state index is 12.8. The molecule has 0 saturated carbocycles. The maximum Gasteiger partial charge on any atom is 0.341 e. The first-order valence-corrected chi connectivity index (χ1v) is 6.31. The Morgan fingerprint density at radius 2 is 1.95 bits per heavy atom. The van der Waals surface area contributed by atoms with E-state index in [4.69, 9.17) is 4.74 Å². The van der Waals surface area contributed by atoms with E-state index in [0.29, 0.717) is 0 Å². The lowest BCUT2D eigenvalue weighted by Gasteiger charge is -2.09. The molecule has 108 valence electrons. The third-order valence-electron chi connectivity index (χ3n) is 2.64. The molecule has 0 saturated heterocycles. The molecule has 0 fully saturated rings. The lowest BCUT2D eigenvalue weighted by molar-refractivity contribution is 0.0527. The monoisotopic (exact) mass is 288 g/mol. The molecule has 0 unspecified atom stereocenters. The predicted molar refractivity (Wildman–Crippen MR) is 74.5 cm³/mol. The Hall–Kier alpha value is -2.76. The number of hydrogen-bond donors (Lipinski definition) is 1. The first kappa shape index (κ1) is 14.6. The minimum absolute atomic E-state index is 0.102. The van der Waals surface area contributed by atoms with Gasteiger partial charge in [-0.15, -0.1) is 0 Å². The van der Waals surface area contributed by atoms with Crippen molar-refractivity contribution in [2.45, 2.75) is 6.92 Å². The molecule has 1 aromatic carbocycles. The molecule has 1 N–H and O–H groups in total. The number of carbonyl (C=O) groups is 2. The number of benzene rings is 1.